The quantitative estimate of drug-likeness (QED) is 0.286. The van der Waals surface area contributed by atoms with E-state index in [0.29, 0.717) is 63.7 Å². The van der Waals surface area contributed by atoms with E-state index in [1.54, 1.807) is 33.0 Å². The third-order valence-electron chi connectivity index (χ3n) is 6.82. The Hall–Kier alpha value is -3.13. The highest BCUT2D eigenvalue weighted by atomic mass is 35.5. The molecule has 2 aliphatic heterocycles. The predicted molar refractivity (Wildman–Crippen MR) is 153 cm³/mol. The summed E-state index contributed by atoms with van der Waals surface area (Å²) in [5, 5.41) is 10.3. The van der Waals surface area contributed by atoms with Crippen LogP contribution in [-0.4, -0.2) is 45.4 Å². The molecule has 0 atom stereocenters. The van der Waals surface area contributed by atoms with Gasteiger partial charge in [0.1, 0.15) is 21.8 Å². The van der Waals surface area contributed by atoms with Gasteiger partial charge in [0.15, 0.2) is 0 Å². The van der Waals surface area contributed by atoms with E-state index in [1.165, 1.54) is 21.2 Å². The van der Waals surface area contributed by atoms with Gasteiger partial charge >= 0.3 is 5.97 Å². The number of hydrogen-bond donors (Lipinski definition) is 0. The maximum Gasteiger partial charge on any atom is 0.309 e. The standard InChI is InChI=1S/C27H27ClN4O4S2/c1-4-36-26(35)17-9-11-31(12-10-17)23-19(16(2)20(14-29)24(33)30(23)3)13-22-25(34)32(27(37)38-22)15-18-7-5-6-8-21(18)28/h5-8,13,17H,4,9-12,15H2,1-3H3. The second kappa shape index (κ2) is 11.7. The van der Waals surface area contributed by atoms with Crippen molar-refractivity contribution in [2.75, 3.05) is 24.6 Å². The van der Waals surface area contributed by atoms with Crippen molar-refractivity contribution in [3.8, 4) is 6.07 Å². The summed E-state index contributed by atoms with van der Waals surface area (Å²) in [5.74, 6) is -0.0736. The van der Waals surface area contributed by atoms with E-state index in [2.05, 4.69) is 0 Å². The minimum Gasteiger partial charge on any atom is -0.466 e. The summed E-state index contributed by atoms with van der Waals surface area (Å²) >= 11 is 13.0. The van der Waals surface area contributed by atoms with Crippen molar-refractivity contribution in [2.45, 2.75) is 33.2 Å². The maximum absolute atomic E-state index is 13.4. The van der Waals surface area contributed by atoms with Crippen LogP contribution < -0.4 is 10.5 Å². The molecular weight excluding hydrogens is 544 g/mol. The molecule has 8 nitrogen and oxygen atoms in total. The summed E-state index contributed by atoms with van der Waals surface area (Å²) in [6.07, 6.45) is 2.87. The molecule has 198 valence electrons. The summed E-state index contributed by atoms with van der Waals surface area (Å²) in [6.45, 7) is 5.12. The second-order valence-corrected chi connectivity index (χ2v) is 11.2. The van der Waals surface area contributed by atoms with Gasteiger partial charge in [-0.25, -0.2) is 0 Å². The van der Waals surface area contributed by atoms with Gasteiger partial charge in [0.2, 0.25) is 0 Å². The minimum absolute atomic E-state index is 0.0236. The average Bonchev–Trinajstić information content (AvgIpc) is 3.16. The van der Waals surface area contributed by atoms with Crippen LogP contribution in [0.25, 0.3) is 6.08 Å². The Bertz CT molecular complexity index is 1440. The van der Waals surface area contributed by atoms with E-state index >= 15 is 0 Å². The molecule has 2 aromatic rings. The molecule has 0 radical (unpaired) electrons. The Labute approximate surface area is 235 Å². The summed E-state index contributed by atoms with van der Waals surface area (Å²) < 4.78 is 7.04. The Morgan fingerprint density at radius 3 is 2.61 bits per heavy atom. The summed E-state index contributed by atoms with van der Waals surface area (Å²) in [7, 11) is 1.62. The van der Waals surface area contributed by atoms with Crippen molar-refractivity contribution in [2.24, 2.45) is 13.0 Å². The highest BCUT2D eigenvalue weighted by Gasteiger charge is 2.34. The number of pyridine rings is 1. The zero-order valence-corrected chi connectivity index (χ0v) is 23.7. The number of esters is 1. The lowest BCUT2D eigenvalue weighted by Crippen LogP contribution is -2.40. The van der Waals surface area contributed by atoms with E-state index in [0.717, 1.165) is 5.56 Å². The van der Waals surface area contributed by atoms with E-state index in [4.69, 9.17) is 28.6 Å². The lowest BCUT2D eigenvalue weighted by Gasteiger charge is -2.35. The van der Waals surface area contributed by atoms with Crippen LogP contribution in [0.1, 0.15) is 42.0 Å². The van der Waals surface area contributed by atoms with Gasteiger partial charge in [0.25, 0.3) is 11.5 Å². The molecule has 2 fully saturated rings. The second-order valence-electron chi connectivity index (χ2n) is 9.09. The smallest absolute Gasteiger partial charge is 0.309 e. The highest BCUT2D eigenvalue weighted by molar-refractivity contribution is 8.26. The van der Waals surface area contributed by atoms with Gasteiger partial charge in [-0.2, -0.15) is 5.26 Å². The normalized spacial score (nSPS) is 17.3. The van der Waals surface area contributed by atoms with Gasteiger partial charge in [-0.05, 0) is 50.0 Å². The Balaban J connectivity index is 1.71. The molecule has 38 heavy (non-hydrogen) atoms. The molecule has 0 unspecified atom stereocenters. The molecule has 0 bridgehead atoms. The summed E-state index contributed by atoms with van der Waals surface area (Å²) in [4.78, 5) is 42.6. The molecule has 3 heterocycles. The lowest BCUT2D eigenvalue weighted by atomic mass is 9.95. The van der Waals surface area contributed by atoms with Gasteiger partial charge in [-0.1, -0.05) is 53.8 Å². The predicted octanol–water partition coefficient (Wildman–Crippen LogP) is 4.40. The van der Waals surface area contributed by atoms with Crippen LogP contribution in [0.4, 0.5) is 5.82 Å². The van der Waals surface area contributed by atoms with Crippen LogP contribution in [-0.2, 0) is 27.9 Å². The first kappa shape index (κ1) is 27.9. The van der Waals surface area contributed by atoms with E-state index in [-0.39, 0.29) is 29.9 Å². The van der Waals surface area contributed by atoms with Crippen LogP contribution in [0.15, 0.2) is 34.0 Å². The average molecular weight is 571 g/mol. The molecule has 1 aromatic carbocycles. The molecule has 1 amide bonds. The van der Waals surface area contributed by atoms with Crippen molar-refractivity contribution in [3.05, 3.63) is 66.8 Å². The number of amides is 1. The molecule has 2 saturated heterocycles. The zero-order valence-electron chi connectivity index (χ0n) is 21.3. The first-order valence-corrected chi connectivity index (χ1v) is 13.8. The number of aromatic nitrogens is 1. The maximum atomic E-state index is 13.4. The van der Waals surface area contributed by atoms with E-state index in [1.807, 2.05) is 29.2 Å². The third-order valence-corrected chi connectivity index (χ3v) is 8.56. The Kier molecular flexibility index (Phi) is 8.61. The van der Waals surface area contributed by atoms with Crippen LogP contribution in [0.5, 0.6) is 0 Å². The van der Waals surface area contributed by atoms with Crippen molar-refractivity contribution in [3.63, 3.8) is 0 Å². The van der Waals surface area contributed by atoms with Crippen LogP contribution in [0.3, 0.4) is 0 Å². The number of hydrogen-bond acceptors (Lipinski definition) is 8. The fourth-order valence-corrected chi connectivity index (χ4v) is 6.18. The molecule has 2 aliphatic rings. The molecule has 4 rings (SSSR count). The van der Waals surface area contributed by atoms with Gasteiger partial charge < -0.3 is 9.64 Å². The number of carbonyl (C=O) groups excluding carboxylic acids is 2. The molecule has 0 spiro atoms. The number of piperidine rings is 1. The first-order chi connectivity index (χ1) is 18.2. The number of thiocarbonyl (C=S) groups is 1. The summed E-state index contributed by atoms with van der Waals surface area (Å²) in [6, 6.07) is 9.30. The van der Waals surface area contributed by atoms with Gasteiger partial charge in [-0.15, -0.1) is 0 Å². The number of anilines is 1. The van der Waals surface area contributed by atoms with Gasteiger partial charge in [0, 0.05) is 30.7 Å². The number of nitriles is 1. The Morgan fingerprint density at radius 1 is 1.29 bits per heavy atom. The van der Waals surface area contributed by atoms with Crippen molar-refractivity contribution in [1.82, 2.24) is 9.47 Å². The molecule has 0 N–H and O–H groups in total. The van der Waals surface area contributed by atoms with Crippen molar-refractivity contribution >= 4 is 63.7 Å². The molecule has 0 saturated carbocycles. The first-order valence-electron chi connectivity index (χ1n) is 12.2. The zero-order chi connectivity index (χ0) is 27.6. The highest BCUT2D eigenvalue weighted by Crippen LogP contribution is 2.37. The lowest BCUT2D eigenvalue weighted by molar-refractivity contribution is -0.148. The molecular formula is C27H27ClN4O4S2. The van der Waals surface area contributed by atoms with Crippen molar-refractivity contribution < 1.29 is 14.3 Å². The van der Waals surface area contributed by atoms with E-state index < -0.39 is 5.56 Å². The number of rotatable bonds is 6. The van der Waals surface area contributed by atoms with Crippen LogP contribution in [0, 0.1) is 24.2 Å². The topological polar surface area (TPSA) is 95.6 Å². The van der Waals surface area contributed by atoms with Crippen LogP contribution in [0.2, 0.25) is 5.02 Å². The van der Waals surface area contributed by atoms with Gasteiger partial charge in [0.05, 0.1) is 24.0 Å². The molecule has 1 aromatic heterocycles. The Morgan fingerprint density at radius 2 is 1.97 bits per heavy atom. The van der Waals surface area contributed by atoms with E-state index in [9.17, 15) is 19.6 Å². The number of nitrogens with zero attached hydrogens (tertiary/aromatic N) is 4. The SMILES string of the molecule is CCOC(=O)C1CCN(c2c(C=C3SC(=S)N(Cc4ccccc4Cl)C3=O)c(C)c(C#N)c(=O)n2C)CC1. The fourth-order valence-electron chi connectivity index (χ4n) is 4.75. The number of halogens is 1. The number of carbonyl (C=O) groups is 2. The van der Waals surface area contributed by atoms with Crippen LogP contribution >= 0.6 is 35.6 Å². The monoisotopic (exact) mass is 570 g/mol. The molecule has 0 aliphatic carbocycles. The van der Waals surface area contributed by atoms with Gasteiger partial charge in [-0.3, -0.25) is 23.9 Å². The number of benzene rings is 1. The minimum atomic E-state index is -0.407. The molecule has 11 heteroatoms. The largest absolute Gasteiger partial charge is 0.466 e. The fraction of sp³-hybridized carbons (Fsp3) is 0.370. The summed E-state index contributed by atoms with van der Waals surface area (Å²) in [5.41, 5.74) is 1.50. The van der Waals surface area contributed by atoms with Crippen molar-refractivity contribution in [1.29, 1.82) is 5.26 Å². The number of thioether (sulfide) groups is 1. The number of ether oxygens (including phenoxy) is 1. The third kappa shape index (κ3) is 5.37.